The SMILES string of the molecule is C=C(C(=O)C1CC2(C(=O)OC)C3CCC(c4ccc(C)cc4)(c4c[nH]cc43)C2S1)c1ccccc1OC. The summed E-state index contributed by atoms with van der Waals surface area (Å²) in [4.78, 5) is 31.2. The van der Waals surface area contributed by atoms with E-state index in [1.165, 1.54) is 29.4 Å². The second-order valence-corrected chi connectivity index (χ2v) is 11.8. The van der Waals surface area contributed by atoms with Crippen LogP contribution in [0.1, 0.15) is 53.0 Å². The van der Waals surface area contributed by atoms with Gasteiger partial charge in [0.2, 0.25) is 0 Å². The highest BCUT2D eigenvalue weighted by atomic mass is 32.2. The lowest BCUT2D eigenvalue weighted by molar-refractivity contribution is -0.158. The van der Waals surface area contributed by atoms with Gasteiger partial charge in [0.15, 0.2) is 5.78 Å². The zero-order valence-corrected chi connectivity index (χ0v) is 22.2. The number of ketones is 1. The smallest absolute Gasteiger partial charge is 0.313 e. The number of ether oxygens (including phenoxy) is 2. The monoisotopic (exact) mass is 513 g/mol. The van der Waals surface area contributed by atoms with E-state index in [2.05, 4.69) is 55.1 Å². The molecule has 5 atom stereocenters. The van der Waals surface area contributed by atoms with E-state index in [4.69, 9.17) is 9.47 Å². The number of para-hydroxylation sites is 1. The molecule has 1 aliphatic heterocycles. The number of thioether (sulfide) groups is 1. The summed E-state index contributed by atoms with van der Waals surface area (Å²) in [6.45, 7) is 6.27. The van der Waals surface area contributed by atoms with Crippen LogP contribution >= 0.6 is 11.8 Å². The Morgan fingerprint density at radius 1 is 1.08 bits per heavy atom. The van der Waals surface area contributed by atoms with Gasteiger partial charge in [-0.1, -0.05) is 54.6 Å². The van der Waals surface area contributed by atoms with Crippen LogP contribution in [0.15, 0.2) is 67.5 Å². The zero-order valence-electron chi connectivity index (χ0n) is 21.4. The Kier molecular flexibility index (Phi) is 5.64. The molecule has 1 aromatic heterocycles. The van der Waals surface area contributed by atoms with Crippen LogP contribution in [0.4, 0.5) is 0 Å². The largest absolute Gasteiger partial charge is 0.496 e. The van der Waals surface area contributed by atoms with Gasteiger partial charge in [-0.25, -0.2) is 0 Å². The minimum Gasteiger partial charge on any atom is -0.496 e. The Morgan fingerprint density at radius 2 is 1.84 bits per heavy atom. The molecule has 190 valence electrons. The van der Waals surface area contributed by atoms with Crippen LogP contribution in [0.2, 0.25) is 0 Å². The number of benzene rings is 2. The van der Waals surface area contributed by atoms with Crippen molar-refractivity contribution in [1.29, 1.82) is 0 Å². The Hall–Kier alpha value is -3.25. The molecule has 4 aliphatic rings. The van der Waals surface area contributed by atoms with Gasteiger partial charge in [0.25, 0.3) is 0 Å². The van der Waals surface area contributed by atoms with Crippen molar-refractivity contribution in [1.82, 2.24) is 4.98 Å². The molecule has 0 spiro atoms. The number of hydrogen-bond donors (Lipinski definition) is 1. The van der Waals surface area contributed by atoms with Crippen molar-refractivity contribution >= 4 is 29.1 Å². The Labute approximate surface area is 221 Å². The quantitative estimate of drug-likeness (QED) is 0.332. The average molecular weight is 514 g/mol. The number of H-pyrrole nitrogens is 1. The van der Waals surface area contributed by atoms with Gasteiger partial charge < -0.3 is 14.5 Å². The molecular formula is C31H31NO4S. The van der Waals surface area contributed by atoms with Gasteiger partial charge in [0, 0.05) is 40.1 Å². The topological polar surface area (TPSA) is 68.4 Å². The number of allylic oxidation sites excluding steroid dienone is 1. The van der Waals surface area contributed by atoms with Gasteiger partial charge in [-0.05, 0) is 48.9 Å². The fourth-order valence-corrected chi connectivity index (χ4v) is 9.53. The molecule has 0 amide bonds. The second kappa shape index (κ2) is 8.66. The van der Waals surface area contributed by atoms with Crippen molar-refractivity contribution in [3.8, 4) is 5.75 Å². The number of aryl methyl sites for hydroxylation is 1. The summed E-state index contributed by atoms with van der Waals surface area (Å²) < 4.78 is 11.0. The van der Waals surface area contributed by atoms with Gasteiger partial charge in [-0.15, -0.1) is 11.8 Å². The number of carbonyl (C=O) groups excluding carboxylic acids is 2. The highest BCUT2D eigenvalue weighted by molar-refractivity contribution is 8.01. The van der Waals surface area contributed by atoms with Gasteiger partial charge in [-0.3, -0.25) is 9.59 Å². The molecule has 37 heavy (non-hydrogen) atoms. The minimum atomic E-state index is -0.793. The molecule has 0 radical (unpaired) electrons. The maximum atomic E-state index is 14.0. The number of rotatable bonds is 6. The van der Waals surface area contributed by atoms with Crippen molar-refractivity contribution in [2.24, 2.45) is 5.41 Å². The molecule has 3 aliphatic carbocycles. The first-order valence-electron chi connectivity index (χ1n) is 12.7. The Bertz CT molecular complexity index is 1410. The summed E-state index contributed by atoms with van der Waals surface area (Å²) in [6, 6.07) is 16.1. The van der Waals surface area contributed by atoms with E-state index in [0.717, 1.165) is 12.8 Å². The summed E-state index contributed by atoms with van der Waals surface area (Å²) in [6.07, 6.45) is 6.39. The van der Waals surface area contributed by atoms with Crippen molar-refractivity contribution in [3.63, 3.8) is 0 Å². The van der Waals surface area contributed by atoms with Crippen LogP contribution in [-0.4, -0.2) is 41.5 Å². The van der Waals surface area contributed by atoms with Crippen LogP contribution in [0.25, 0.3) is 5.57 Å². The number of aromatic nitrogens is 1. The number of esters is 1. The van der Waals surface area contributed by atoms with E-state index < -0.39 is 16.1 Å². The van der Waals surface area contributed by atoms with Crippen LogP contribution in [0.3, 0.4) is 0 Å². The maximum absolute atomic E-state index is 14.0. The van der Waals surface area contributed by atoms with E-state index in [1.54, 1.807) is 18.9 Å². The molecule has 3 aromatic rings. The molecule has 1 saturated carbocycles. The summed E-state index contributed by atoms with van der Waals surface area (Å²) in [5.41, 5.74) is 4.76. The van der Waals surface area contributed by atoms with E-state index in [9.17, 15) is 9.59 Å². The molecule has 5 nitrogen and oxygen atoms in total. The Morgan fingerprint density at radius 3 is 2.57 bits per heavy atom. The zero-order chi connectivity index (χ0) is 25.9. The van der Waals surface area contributed by atoms with E-state index in [1.807, 2.05) is 24.3 Å². The number of fused-ring (bicyclic) bond motifs is 1. The van der Waals surface area contributed by atoms with Gasteiger partial charge >= 0.3 is 5.97 Å². The summed E-state index contributed by atoms with van der Waals surface area (Å²) >= 11 is 1.64. The van der Waals surface area contributed by atoms with E-state index in [0.29, 0.717) is 23.3 Å². The van der Waals surface area contributed by atoms with Gasteiger partial charge in [-0.2, -0.15) is 0 Å². The number of carbonyl (C=O) groups is 2. The predicted molar refractivity (Wildman–Crippen MR) is 146 cm³/mol. The lowest BCUT2D eigenvalue weighted by atomic mass is 9.45. The average Bonchev–Trinajstić information content (AvgIpc) is 3.60. The molecule has 2 aromatic carbocycles. The third-order valence-corrected chi connectivity index (χ3v) is 10.8. The molecule has 2 fully saturated rings. The highest BCUT2D eigenvalue weighted by Gasteiger charge is 2.72. The van der Waals surface area contributed by atoms with Crippen LogP contribution in [0, 0.1) is 12.3 Å². The standard InChI is InChI=1S/C31H31NO4S/c1-18-9-11-20(12-10-18)30-14-13-23(22-16-32-17-24(22)30)31(29(34)36-4)15-26(37-28(30)31)27(33)19(2)21-7-5-6-8-25(21)35-3/h5-12,16-17,23,26,28,32H,2,13-15H2,1,3-4H3. The van der Waals surface area contributed by atoms with Crippen molar-refractivity contribution in [2.45, 2.75) is 48.0 Å². The summed E-state index contributed by atoms with van der Waals surface area (Å²) in [7, 11) is 3.07. The summed E-state index contributed by atoms with van der Waals surface area (Å²) in [5, 5.41) is -0.531. The molecule has 1 saturated heterocycles. The first-order chi connectivity index (χ1) is 17.9. The fraction of sp³-hybridized carbons (Fsp3) is 0.355. The maximum Gasteiger partial charge on any atom is 0.313 e. The normalized spacial score (nSPS) is 29.3. The van der Waals surface area contributed by atoms with E-state index >= 15 is 0 Å². The first kappa shape index (κ1) is 24.1. The fourth-order valence-electron chi connectivity index (χ4n) is 7.35. The lowest BCUT2D eigenvalue weighted by Crippen LogP contribution is -2.60. The Balaban J connectivity index is 1.49. The number of nitrogens with one attached hydrogen (secondary N) is 1. The summed E-state index contributed by atoms with van der Waals surface area (Å²) in [5.74, 6) is 0.368. The van der Waals surface area contributed by atoms with Gasteiger partial charge in [0.1, 0.15) is 5.75 Å². The van der Waals surface area contributed by atoms with E-state index in [-0.39, 0.29) is 22.9 Å². The molecule has 2 bridgehead atoms. The number of methoxy groups -OCH3 is 2. The second-order valence-electron chi connectivity index (χ2n) is 10.5. The van der Waals surface area contributed by atoms with Crippen LogP contribution in [-0.2, 0) is 19.7 Å². The van der Waals surface area contributed by atoms with Gasteiger partial charge in [0.05, 0.1) is 24.9 Å². The van der Waals surface area contributed by atoms with Crippen molar-refractivity contribution in [3.05, 3.63) is 95.3 Å². The minimum absolute atomic E-state index is 0.00310. The molecular weight excluding hydrogens is 482 g/mol. The molecule has 6 heteroatoms. The first-order valence-corrected chi connectivity index (χ1v) is 13.7. The molecule has 1 N–H and O–H groups in total. The van der Waals surface area contributed by atoms with Crippen molar-refractivity contribution < 1.29 is 19.1 Å². The number of aromatic amines is 1. The third kappa shape index (κ3) is 3.18. The third-order valence-electron chi connectivity index (χ3n) is 8.98. The van der Waals surface area contributed by atoms with Crippen molar-refractivity contribution in [2.75, 3.05) is 14.2 Å². The molecule has 5 unspecified atom stereocenters. The highest BCUT2D eigenvalue weighted by Crippen LogP contribution is 2.72. The van der Waals surface area contributed by atoms with Crippen LogP contribution in [0.5, 0.6) is 5.75 Å². The lowest BCUT2D eigenvalue weighted by Gasteiger charge is -2.58. The number of Topliss-reactive ketones (excluding diaryl/α,β-unsaturated/α-hetero) is 1. The molecule has 2 heterocycles. The molecule has 7 rings (SSSR count). The predicted octanol–water partition coefficient (Wildman–Crippen LogP) is 5.82. The number of hydrogen-bond acceptors (Lipinski definition) is 5. The van der Waals surface area contributed by atoms with Crippen LogP contribution < -0.4 is 4.74 Å².